The van der Waals surface area contributed by atoms with Crippen molar-refractivity contribution < 1.29 is 36.5 Å². The predicted octanol–water partition coefficient (Wildman–Crippen LogP) is 10.1. The minimum atomic E-state index is -4.86. The lowest BCUT2D eigenvalue weighted by molar-refractivity contribution is -0.140. The Balaban J connectivity index is 1.54. The zero-order valence-corrected chi connectivity index (χ0v) is 34.4. The first-order valence-electron chi connectivity index (χ1n) is 20.9. The van der Waals surface area contributed by atoms with Crippen LogP contribution in [0.15, 0.2) is 48.5 Å². The van der Waals surface area contributed by atoms with Crippen molar-refractivity contribution >= 4 is 11.0 Å². The van der Waals surface area contributed by atoms with Crippen LogP contribution < -0.4 is 18.9 Å². The molecule has 0 aliphatic carbocycles. The Kier molecular flexibility index (Phi) is 16.7. The molecule has 314 valence electrons. The molecule has 1 saturated heterocycles. The van der Waals surface area contributed by atoms with E-state index in [0.29, 0.717) is 55.3 Å². The lowest BCUT2D eigenvalue weighted by atomic mass is 10.1. The van der Waals surface area contributed by atoms with Gasteiger partial charge in [-0.3, -0.25) is 4.90 Å². The fourth-order valence-corrected chi connectivity index (χ4v) is 7.22. The second-order valence-electron chi connectivity index (χ2n) is 14.5. The number of halogens is 4. The largest absolute Gasteiger partial charge is 0.493 e. The summed E-state index contributed by atoms with van der Waals surface area (Å²) in [6.07, 6.45) is 1.04. The van der Waals surface area contributed by atoms with Gasteiger partial charge in [0.2, 0.25) is 0 Å². The average molecular weight is 800 g/mol. The number of nitrogens with zero attached hydrogens (tertiary/aromatic N) is 5. The van der Waals surface area contributed by atoms with Gasteiger partial charge in [-0.25, -0.2) is 9.37 Å². The van der Waals surface area contributed by atoms with Crippen molar-refractivity contribution in [3.63, 3.8) is 0 Å². The Bertz CT molecular complexity index is 1840. The van der Waals surface area contributed by atoms with Crippen molar-refractivity contribution in [3.05, 3.63) is 59.9 Å². The van der Waals surface area contributed by atoms with Gasteiger partial charge < -0.3 is 33.3 Å². The van der Waals surface area contributed by atoms with E-state index in [1.807, 2.05) is 18.2 Å². The summed E-state index contributed by atoms with van der Waals surface area (Å²) in [6, 6.07) is 11.8. The molecule has 1 aliphatic rings. The molecule has 5 rings (SSSR count). The Morgan fingerprint density at radius 2 is 1.30 bits per heavy atom. The number of fused-ring (bicyclic) bond motifs is 1. The van der Waals surface area contributed by atoms with E-state index in [9.17, 15) is 17.6 Å². The molecule has 0 radical (unpaired) electrons. The lowest BCUT2D eigenvalue weighted by Crippen LogP contribution is -2.25. The second kappa shape index (κ2) is 21.6. The number of benzene rings is 3. The zero-order valence-electron chi connectivity index (χ0n) is 34.4. The van der Waals surface area contributed by atoms with E-state index < -0.39 is 17.6 Å². The molecule has 0 spiro atoms. The summed E-state index contributed by atoms with van der Waals surface area (Å²) < 4.78 is 82.2. The van der Waals surface area contributed by atoms with Crippen LogP contribution in [0.1, 0.15) is 78.7 Å². The third-order valence-electron chi connectivity index (χ3n) is 10.6. The maximum absolute atomic E-state index is 14.1. The highest BCUT2D eigenvalue weighted by Gasteiger charge is 2.34. The van der Waals surface area contributed by atoms with Crippen molar-refractivity contribution in [1.29, 1.82) is 0 Å². The SMILES string of the molecule is CCCCn1c(-c2ccc(Oc3ccc(F)c(C(F)(F)F)c3)cc2OCCCN(CC)CC)nc2c(OCCCN(CC)CC)cc(OCCN3CCCC3)cc21. The van der Waals surface area contributed by atoms with E-state index in [1.54, 1.807) is 12.1 Å². The van der Waals surface area contributed by atoms with Crippen LogP contribution in [0, 0.1) is 5.82 Å². The van der Waals surface area contributed by atoms with E-state index in [4.69, 9.17) is 23.9 Å². The van der Waals surface area contributed by atoms with Crippen molar-refractivity contribution in [2.24, 2.45) is 0 Å². The topological polar surface area (TPSA) is 64.5 Å². The molecule has 3 aromatic carbocycles. The Morgan fingerprint density at radius 3 is 1.93 bits per heavy atom. The number of rotatable bonds is 24. The molecular weight excluding hydrogens is 739 g/mol. The molecule has 0 saturated carbocycles. The summed E-state index contributed by atoms with van der Waals surface area (Å²) >= 11 is 0. The van der Waals surface area contributed by atoms with Gasteiger partial charge >= 0.3 is 6.18 Å². The highest BCUT2D eigenvalue weighted by molar-refractivity contribution is 5.88. The molecule has 0 atom stereocenters. The van der Waals surface area contributed by atoms with Crippen LogP contribution in [0.5, 0.6) is 28.7 Å². The van der Waals surface area contributed by atoms with Gasteiger partial charge in [-0.15, -0.1) is 0 Å². The lowest BCUT2D eigenvalue weighted by Gasteiger charge is -2.19. The Morgan fingerprint density at radius 1 is 0.684 bits per heavy atom. The third kappa shape index (κ3) is 12.2. The number of aryl methyl sites for hydroxylation is 1. The van der Waals surface area contributed by atoms with Crippen LogP contribution in [-0.4, -0.2) is 103 Å². The quantitative estimate of drug-likeness (QED) is 0.0513. The number of hydrogen-bond acceptors (Lipinski definition) is 8. The average Bonchev–Trinajstić information content (AvgIpc) is 3.86. The molecule has 1 aromatic heterocycles. The first-order chi connectivity index (χ1) is 27.6. The third-order valence-corrected chi connectivity index (χ3v) is 10.6. The number of imidazole rings is 1. The van der Waals surface area contributed by atoms with Gasteiger partial charge in [-0.2, -0.15) is 13.2 Å². The number of unbranched alkanes of at least 4 members (excludes halogenated alkanes) is 1. The van der Waals surface area contributed by atoms with Crippen LogP contribution in [0.25, 0.3) is 22.4 Å². The monoisotopic (exact) mass is 799 g/mol. The van der Waals surface area contributed by atoms with Crippen LogP contribution in [0.3, 0.4) is 0 Å². The molecular formula is C44H61F4N5O4. The molecule has 1 aliphatic heterocycles. The summed E-state index contributed by atoms with van der Waals surface area (Å²) in [6.45, 7) is 21.5. The molecule has 2 heterocycles. The maximum atomic E-state index is 14.1. The summed E-state index contributed by atoms with van der Waals surface area (Å²) in [4.78, 5) is 12.4. The van der Waals surface area contributed by atoms with Crippen molar-refractivity contribution in [1.82, 2.24) is 24.3 Å². The number of aromatic nitrogens is 2. The molecule has 1 fully saturated rings. The Hall–Kier alpha value is -4.07. The Labute approximate surface area is 335 Å². The fourth-order valence-electron chi connectivity index (χ4n) is 7.22. The molecule has 4 aromatic rings. The normalized spacial score (nSPS) is 13.7. The van der Waals surface area contributed by atoms with E-state index in [0.717, 1.165) is 107 Å². The van der Waals surface area contributed by atoms with Gasteiger partial charge in [0.1, 0.15) is 46.8 Å². The zero-order chi connectivity index (χ0) is 40.8. The van der Waals surface area contributed by atoms with Gasteiger partial charge in [0.15, 0.2) is 5.75 Å². The van der Waals surface area contributed by atoms with Crippen LogP contribution in [0.2, 0.25) is 0 Å². The van der Waals surface area contributed by atoms with E-state index in [1.165, 1.54) is 18.9 Å². The molecule has 0 bridgehead atoms. The van der Waals surface area contributed by atoms with Gasteiger partial charge in [0.05, 0.1) is 29.9 Å². The minimum Gasteiger partial charge on any atom is -0.493 e. The molecule has 0 N–H and O–H groups in total. The van der Waals surface area contributed by atoms with E-state index >= 15 is 0 Å². The first-order valence-corrected chi connectivity index (χ1v) is 20.9. The summed E-state index contributed by atoms with van der Waals surface area (Å²) in [5.74, 6) is 1.27. The van der Waals surface area contributed by atoms with Crippen LogP contribution in [0.4, 0.5) is 17.6 Å². The summed E-state index contributed by atoms with van der Waals surface area (Å²) in [5.41, 5.74) is 0.917. The van der Waals surface area contributed by atoms with Gasteiger partial charge in [-0.1, -0.05) is 41.0 Å². The molecule has 13 heteroatoms. The highest BCUT2D eigenvalue weighted by Crippen LogP contribution is 2.41. The maximum Gasteiger partial charge on any atom is 0.419 e. The second-order valence-corrected chi connectivity index (χ2v) is 14.5. The highest BCUT2D eigenvalue weighted by atomic mass is 19.4. The van der Waals surface area contributed by atoms with Crippen LogP contribution >= 0.6 is 0 Å². The minimum absolute atomic E-state index is 0.140. The molecule has 0 amide bonds. The standard InChI is InChI=1S/C44H61F4N5O4/c1-6-11-24-53-39-30-35(54-28-25-52-20-12-13-21-52)32-41(56-27-15-23-51(9-4)10-5)42(39)49-43(53)36-18-16-34(31-40(36)55-26-14-22-50(7-2)8-3)57-33-17-19-38(45)37(29-33)44(46,47)48/h16-19,29-32H,6-15,20-28H2,1-5H3. The number of ether oxygens (including phenoxy) is 4. The van der Waals surface area contributed by atoms with Crippen molar-refractivity contribution in [3.8, 4) is 40.1 Å². The number of likely N-dealkylation sites (tertiary alicyclic amines) is 1. The van der Waals surface area contributed by atoms with Crippen molar-refractivity contribution in [2.45, 2.75) is 85.9 Å². The molecule has 57 heavy (non-hydrogen) atoms. The molecule has 0 unspecified atom stereocenters. The van der Waals surface area contributed by atoms with Crippen molar-refractivity contribution in [2.75, 3.05) is 78.7 Å². The summed E-state index contributed by atoms with van der Waals surface area (Å²) in [7, 11) is 0. The van der Waals surface area contributed by atoms with E-state index in [-0.39, 0.29) is 11.5 Å². The van der Waals surface area contributed by atoms with Gasteiger partial charge in [0, 0.05) is 44.4 Å². The summed E-state index contributed by atoms with van der Waals surface area (Å²) in [5, 5.41) is 0. The predicted molar refractivity (Wildman–Crippen MR) is 219 cm³/mol. The first kappa shape index (κ1) is 44.0. The smallest absolute Gasteiger partial charge is 0.419 e. The number of hydrogen-bond donors (Lipinski definition) is 0. The van der Waals surface area contributed by atoms with E-state index in [2.05, 4.69) is 53.9 Å². The fraction of sp³-hybridized carbons (Fsp3) is 0.568. The van der Waals surface area contributed by atoms with Gasteiger partial charge in [-0.05, 0) is 102 Å². The molecule has 9 nitrogen and oxygen atoms in total. The van der Waals surface area contributed by atoms with Crippen LogP contribution in [-0.2, 0) is 12.7 Å². The number of alkyl halides is 3. The van der Waals surface area contributed by atoms with Gasteiger partial charge in [0.25, 0.3) is 0 Å².